The number of aryl methyl sites for hydroxylation is 1. The van der Waals surface area contributed by atoms with Gasteiger partial charge in [0, 0.05) is 31.1 Å². The van der Waals surface area contributed by atoms with Crippen molar-refractivity contribution in [2.75, 3.05) is 5.43 Å². The van der Waals surface area contributed by atoms with Gasteiger partial charge in [0.05, 0.1) is 11.5 Å². The summed E-state index contributed by atoms with van der Waals surface area (Å²) >= 11 is 0. The Morgan fingerprint density at radius 3 is 2.86 bits per heavy atom. The second kappa shape index (κ2) is 6.01. The maximum atomic E-state index is 12.0. The summed E-state index contributed by atoms with van der Waals surface area (Å²) in [5.74, 6) is 5.44. The van der Waals surface area contributed by atoms with Gasteiger partial charge < -0.3 is 15.3 Å². The number of imidazole rings is 1. The molecule has 0 spiro atoms. The summed E-state index contributed by atoms with van der Waals surface area (Å²) in [6, 6.07) is 4.01. The molecular formula is C12H14N6O3. The van der Waals surface area contributed by atoms with E-state index in [1.165, 1.54) is 18.2 Å². The topological polar surface area (TPSA) is 128 Å². The number of carbonyl (C=O) groups is 1. The number of hydrogen-bond acceptors (Lipinski definition) is 6. The van der Waals surface area contributed by atoms with Gasteiger partial charge in [0.15, 0.2) is 0 Å². The van der Waals surface area contributed by atoms with E-state index in [4.69, 9.17) is 5.84 Å². The van der Waals surface area contributed by atoms with E-state index in [1.54, 1.807) is 24.0 Å². The van der Waals surface area contributed by atoms with Crippen molar-refractivity contribution in [3.8, 4) is 0 Å². The molecule has 0 aliphatic carbocycles. The number of benzene rings is 1. The summed E-state index contributed by atoms with van der Waals surface area (Å²) < 4.78 is 1.77. The molecule has 2 rings (SSSR count). The number of hydrazine groups is 1. The zero-order valence-corrected chi connectivity index (χ0v) is 11.2. The van der Waals surface area contributed by atoms with E-state index in [1.807, 2.05) is 0 Å². The minimum absolute atomic E-state index is 0.139. The van der Waals surface area contributed by atoms with Crippen LogP contribution in [-0.4, -0.2) is 20.4 Å². The third-order valence-electron chi connectivity index (χ3n) is 2.94. The Balaban J connectivity index is 2.14. The van der Waals surface area contributed by atoms with E-state index >= 15 is 0 Å². The van der Waals surface area contributed by atoms with Crippen molar-refractivity contribution < 1.29 is 9.72 Å². The Bertz CT molecular complexity index is 681. The molecule has 2 aromatic rings. The number of anilines is 1. The molecule has 110 valence electrons. The van der Waals surface area contributed by atoms with Crippen LogP contribution in [-0.2, 0) is 13.6 Å². The van der Waals surface area contributed by atoms with Gasteiger partial charge in [-0.2, -0.15) is 0 Å². The van der Waals surface area contributed by atoms with Gasteiger partial charge in [-0.05, 0) is 12.1 Å². The molecule has 0 saturated carbocycles. The number of rotatable bonds is 5. The van der Waals surface area contributed by atoms with Gasteiger partial charge in [0.25, 0.3) is 11.6 Å². The van der Waals surface area contributed by atoms with Gasteiger partial charge >= 0.3 is 0 Å². The summed E-state index contributed by atoms with van der Waals surface area (Å²) in [4.78, 5) is 26.4. The molecular weight excluding hydrogens is 276 g/mol. The summed E-state index contributed by atoms with van der Waals surface area (Å²) in [6.45, 7) is 0.229. The van der Waals surface area contributed by atoms with Crippen LogP contribution in [0.25, 0.3) is 0 Å². The van der Waals surface area contributed by atoms with Crippen LogP contribution < -0.4 is 16.6 Å². The molecule has 0 fully saturated rings. The Kier molecular flexibility index (Phi) is 4.14. The lowest BCUT2D eigenvalue weighted by Crippen LogP contribution is -2.24. The fourth-order valence-electron chi connectivity index (χ4n) is 1.77. The molecule has 1 heterocycles. The number of amides is 1. The Morgan fingerprint density at radius 2 is 2.29 bits per heavy atom. The van der Waals surface area contributed by atoms with Gasteiger partial charge in [-0.1, -0.05) is 0 Å². The zero-order valence-electron chi connectivity index (χ0n) is 11.2. The van der Waals surface area contributed by atoms with Crippen LogP contribution in [0.3, 0.4) is 0 Å². The van der Waals surface area contributed by atoms with Crippen LogP contribution in [0.15, 0.2) is 30.6 Å². The normalized spacial score (nSPS) is 10.2. The van der Waals surface area contributed by atoms with Crippen LogP contribution in [0.5, 0.6) is 0 Å². The van der Waals surface area contributed by atoms with Crippen molar-refractivity contribution in [3.63, 3.8) is 0 Å². The minimum Gasteiger partial charge on any atom is -0.345 e. The lowest BCUT2D eigenvalue weighted by atomic mass is 10.1. The standard InChI is InChI=1S/C12H14N6O3/c1-17-5-4-14-11(17)7-15-12(19)8-2-3-9(16-13)10(6-8)18(20)21/h2-6,16H,7,13H2,1H3,(H,15,19). The van der Waals surface area contributed by atoms with Gasteiger partial charge in [-0.15, -0.1) is 0 Å². The first kappa shape index (κ1) is 14.5. The quantitative estimate of drug-likeness (QED) is 0.419. The van der Waals surface area contributed by atoms with Gasteiger partial charge in [-0.25, -0.2) is 4.98 Å². The number of nitro groups is 1. The highest BCUT2D eigenvalue weighted by Crippen LogP contribution is 2.24. The fourth-order valence-corrected chi connectivity index (χ4v) is 1.77. The van der Waals surface area contributed by atoms with E-state index in [9.17, 15) is 14.9 Å². The molecule has 9 heteroatoms. The number of nitrogen functional groups attached to an aromatic ring is 1. The smallest absolute Gasteiger partial charge is 0.294 e. The van der Waals surface area contributed by atoms with Crippen LogP contribution in [0.1, 0.15) is 16.2 Å². The van der Waals surface area contributed by atoms with Crippen molar-refractivity contribution in [2.45, 2.75) is 6.54 Å². The summed E-state index contributed by atoms with van der Waals surface area (Å²) in [6.07, 6.45) is 3.38. The molecule has 1 aromatic heterocycles. The summed E-state index contributed by atoms with van der Waals surface area (Å²) in [7, 11) is 1.81. The minimum atomic E-state index is -0.606. The van der Waals surface area contributed by atoms with Crippen LogP contribution in [0.2, 0.25) is 0 Å². The molecule has 0 unspecified atom stereocenters. The molecule has 0 atom stereocenters. The van der Waals surface area contributed by atoms with E-state index < -0.39 is 10.8 Å². The Labute approximate surface area is 119 Å². The predicted molar refractivity (Wildman–Crippen MR) is 75.3 cm³/mol. The number of nitrogens with one attached hydrogen (secondary N) is 2. The second-order valence-electron chi connectivity index (χ2n) is 4.27. The van der Waals surface area contributed by atoms with E-state index in [0.717, 1.165) is 0 Å². The van der Waals surface area contributed by atoms with E-state index in [2.05, 4.69) is 15.7 Å². The molecule has 0 aliphatic rings. The summed E-state index contributed by atoms with van der Waals surface area (Å²) in [5.41, 5.74) is 2.27. The fraction of sp³-hybridized carbons (Fsp3) is 0.167. The third-order valence-corrected chi connectivity index (χ3v) is 2.94. The molecule has 0 bridgehead atoms. The highest BCUT2D eigenvalue weighted by Gasteiger charge is 2.17. The maximum absolute atomic E-state index is 12.0. The van der Waals surface area contributed by atoms with E-state index in [-0.39, 0.29) is 23.5 Å². The van der Waals surface area contributed by atoms with Gasteiger partial charge in [0.1, 0.15) is 11.5 Å². The number of carbonyl (C=O) groups excluding carboxylic acids is 1. The van der Waals surface area contributed by atoms with Crippen LogP contribution in [0.4, 0.5) is 11.4 Å². The number of nitrogens with two attached hydrogens (primary N) is 1. The van der Waals surface area contributed by atoms with Crippen LogP contribution >= 0.6 is 0 Å². The molecule has 0 radical (unpaired) electrons. The predicted octanol–water partition coefficient (Wildman–Crippen LogP) is 0.544. The molecule has 1 aromatic carbocycles. The second-order valence-corrected chi connectivity index (χ2v) is 4.27. The van der Waals surface area contributed by atoms with Crippen molar-refractivity contribution >= 4 is 17.3 Å². The number of nitro benzene ring substituents is 1. The molecule has 9 nitrogen and oxygen atoms in total. The lowest BCUT2D eigenvalue weighted by Gasteiger charge is -2.07. The Morgan fingerprint density at radius 1 is 1.52 bits per heavy atom. The monoisotopic (exact) mass is 290 g/mol. The van der Waals surface area contributed by atoms with Crippen molar-refractivity contribution in [2.24, 2.45) is 12.9 Å². The van der Waals surface area contributed by atoms with Crippen LogP contribution in [0, 0.1) is 10.1 Å². The van der Waals surface area contributed by atoms with Gasteiger partial charge in [-0.3, -0.25) is 20.8 Å². The average molecular weight is 290 g/mol. The van der Waals surface area contributed by atoms with Crippen molar-refractivity contribution in [1.29, 1.82) is 0 Å². The first-order valence-electron chi connectivity index (χ1n) is 6.02. The molecule has 21 heavy (non-hydrogen) atoms. The van der Waals surface area contributed by atoms with E-state index in [0.29, 0.717) is 5.82 Å². The SMILES string of the molecule is Cn1ccnc1CNC(=O)c1ccc(NN)c([N+](=O)[O-])c1. The van der Waals surface area contributed by atoms with Crippen molar-refractivity contribution in [3.05, 3.63) is 52.1 Å². The molecule has 0 saturated heterocycles. The first-order chi connectivity index (χ1) is 10.0. The van der Waals surface area contributed by atoms with Crippen molar-refractivity contribution in [1.82, 2.24) is 14.9 Å². The molecule has 0 aliphatic heterocycles. The largest absolute Gasteiger partial charge is 0.345 e. The maximum Gasteiger partial charge on any atom is 0.294 e. The number of nitrogens with zero attached hydrogens (tertiary/aromatic N) is 3. The lowest BCUT2D eigenvalue weighted by molar-refractivity contribution is -0.384. The third kappa shape index (κ3) is 3.15. The zero-order chi connectivity index (χ0) is 15.4. The average Bonchev–Trinajstić information content (AvgIpc) is 2.89. The summed E-state index contributed by atoms with van der Waals surface area (Å²) in [5, 5.41) is 13.6. The number of aromatic nitrogens is 2. The number of hydrogen-bond donors (Lipinski definition) is 3. The first-order valence-corrected chi connectivity index (χ1v) is 6.02. The highest BCUT2D eigenvalue weighted by molar-refractivity contribution is 5.95. The molecule has 1 amide bonds. The molecule has 4 N–H and O–H groups in total. The Hall–Kier alpha value is -2.94. The highest BCUT2D eigenvalue weighted by atomic mass is 16.6. The van der Waals surface area contributed by atoms with Gasteiger partial charge in [0.2, 0.25) is 0 Å².